The lowest BCUT2D eigenvalue weighted by Gasteiger charge is -2.36. The largest absolute Gasteiger partial charge is 0.354 e. The number of piperidine rings is 1. The molecule has 1 aliphatic rings. The Balaban J connectivity index is 0.00000225. The molecule has 1 saturated heterocycles. The van der Waals surface area contributed by atoms with Crippen LogP contribution in [0.15, 0.2) is 36.7 Å². The molecule has 1 aromatic carbocycles. The van der Waals surface area contributed by atoms with Crippen molar-refractivity contribution in [1.29, 1.82) is 0 Å². The average molecular weight is 371 g/mol. The summed E-state index contributed by atoms with van der Waals surface area (Å²) in [5.41, 5.74) is -0.469. The minimum Gasteiger partial charge on any atom is -0.354 e. The molecule has 25 heavy (non-hydrogen) atoms. The number of carbonyl (C=O) groups excluding carboxylic acids is 1. The molecule has 1 fully saturated rings. The molecule has 0 unspecified atom stereocenters. The number of benzene rings is 1. The minimum absolute atomic E-state index is 0. The van der Waals surface area contributed by atoms with Crippen LogP contribution in [0.3, 0.4) is 0 Å². The molecule has 1 amide bonds. The zero-order valence-corrected chi connectivity index (χ0v) is 14.5. The zero-order valence-electron chi connectivity index (χ0n) is 13.7. The van der Waals surface area contributed by atoms with Crippen LogP contribution in [0.4, 0.5) is 8.78 Å². The molecule has 0 bridgehead atoms. The molecular formula is C17H21ClF2N4O. The second-order valence-corrected chi connectivity index (χ2v) is 5.97. The Morgan fingerprint density at radius 3 is 2.76 bits per heavy atom. The van der Waals surface area contributed by atoms with Gasteiger partial charge in [-0.05, 0) is 62.2 Å². The maximum atomic E-state index is 13.6. The van der Waals surface area contributed by atoms with E-state index in [9.17, 15) is 13.6 Å². The fraction of sp³-hybridized carbons (Fsp3) is 0.412. The van der Waals surface area contributed by atoms with Crippen LogP contribution in [0, 0.1) is 11.6 Å². The van der Waals surface area contributed by atoms with E-state index in [0.29, 0.717) is 12.8 Å². The predicted octanol–water partition coefficient (Wildman–Crippen LogP) is 2.02. The lowest BCUT2D eigenvalue weighted by molar-refractivity contribution is -0.131. The average Bonchev–Trinajstić information content (AvgIpc) is 3.13. The first-order valence-corrected chi connectivity index (χ1v) is 8.05. The lowest BCUT2D eigenvalue weighted by atomic mass is 9.87. The third-order valence-electron chi connectivity index (χ3n) is 4.48. The van der Waals surface area contributed by atoms with E-state index in [2.05, 4.69) is 15.7 Å². The first kappa shape index (κ1) is 19.3. The molecule has 2 N–H and O–H groups in total. The lowest BCUT2D eigenvalue weighted by Crippen LogP contribution is -2.54. The van der Waals surface area contributed by atoms with Crippen LogP contribution < -0.4 is 10.6 Å². The number of hydrogen-bond donors (Lipinski definition) is 2. The Labute approximate surface area is 151 Å². The summed E-state index contributed by atoms with van der Waals surface area (Å²) in [4.78, 5) is 12.8. The minimum atomic E-state index is -0.727. The van der Waals surface area contributed by atoms with E-state index < -0.39 is 17.2 Å². The maximum absolute atomic E-state index is 13.6. The highest BCUT2D eigenvalue weighted by atomic mass is 35.5. The number of carbonyl (C=O) groups is 1. The van der Waals surface area contributed by atoms with Gasteiger partial charge < -0.3 is 10.6 Å². The van der Waals surface area contributed by atoms with Gasteiger partial charge in [0.15, 0.2) is 0 Å². The highest BCUT2D eigenvalue weighted by Crippen LogP contribution is 2.27. The van der Waals surface area contributed by atoms with E-state index in [-0.39, 0.29) is 36.8 Å². The maximum Gasteiger partial charge on any atom is 0.248 e. The third-order valence-corrected chi connectivity index (χ3v) is 4.48. The summed E-state index contributed by atoms with van der Waals surface area (Å²) < 4.78 is 28.5. The fourth-order valence-electron chi connectivity index (χ4n) is 3.13. The Hall–Kier alpha value is -1.99. The van der Waals surface area contributed by atoms with Crippen molar-refractivity contribution in [1.82, 2.24) is 20.4 Å². The molecule has 136 valence electrons. The van der Waals surface area contributed by atoms with Crippen LogP contribution >= 0.6 is 12.4 Å². The van der Waals surface area contributed by atoms with Gasteiger partial charge in [0.1, 0.15) is 17.2 Å². The van der Waals surface area contributed by atoms with E-state index in [1.54, 1.807) is 23.1 Å². The van der Waals surface area contributed by atoms with Crippen LogP contribution in [0.2, 0.25) is 0 Å². The molecule has 0 saturated carbocycles. The van der Waals surface area contributed by atoms with E-state index in [4.69, 9.17) is 0 Å². The molecule has 0 atom stereocenters. The van der Waals surface area contributed by atoms with E-state index in [0.717, 1.165) is 31.3 Å². The van der Waals surface area contributed by atoms with Crippen molar-refractivity contribution in [3.05, 3.63) is 53.9 Å². The van der Waals surface area contributed by atoms with Gasteiger partial charge in [-0.15, -0.1) is 12.4 Å². The van der Waals surface area contributed by atoms with Gasteiger partial charge in [-0.3, -0.25) is 9.48 Å². The van der Waals surface area contributed by atoms with Crippen molar-refractivity contribution < 1.29 is 13.6 Å². The highest BCUT2D eigenvalue weighted by Gasteiger charge is 2.41. The molecule has 2 heterocycles. The van der Waals surface area contributed by atoms with Gasteiger partial charge in [0.2, 0.25) is 5.91 Å². The summed E-state index contributed by atoms with van der Waals surface area (Å²) in [6.45, 7) is 1.70. The second kappa shape index (κ2) is 8.40. The molecule has 3 rings (SSSR count). The van der Waals surface area contributed by atoms with Gasteiger partial charge in [-0.1, -0.05) is 0 Å². The van der Waals surface area contributed by atoms with Crippen LogP contribution in [-0.4, -0.2) is 35.3 Å². The third kappa shape index (κ3) is 4.16. The van der Waals surface area contributed by atoms with Crippen molar-refractivity contribution in [3.8, 4) is 0 Å². The second-order valence-electron chi connectivity index (χ2n) is 5.97. The first-order valence-electron chi connectivity index (χ1n) is 8.05. The Morgan fingerprint density at radius 1 is 1.32 bits per heavy atom. The number of amides is 1. The van der Waals surface area contributed by atoms with Gasteiger partial charge in [0, 0.05) is 18.9 Å². The quantitative estimate of drug-likeness (QED) is 0.846. The number of rotatable bonds is 5. The number of aromatic nitrogens is 2. The number of halogens is 3. The predicted molar refractivity (Wildman–Crippen MR) is 92.6 cm³/mol. The van der Waals surface area contributed by atoms with E-state index >= 15 is 0 Å². The van der Waals surface area contributed by atoms with E-state index in [1.165, 1.54) is 0 Å². The van der Waals surface area contributed by atoms with Gasteiger partial charge in [-0.2, -0.15) is 5.10 Å². The van der Waals surface area contributed by atoms with Crippen molar-refractivity contribution in [2.24, 2.45) is 0 Å². The zero-order chi connectivity index (χ0) is 17.0. The monoisotopic (exact) mass is 370 g/mol. The van der Waals surface area contributed by atoms with Crippen LogP contribution in [0.5, 0.6) is 0 Å². The smallest absolute Gasteiger partial charge is 0.248 e. The Morgan fingerprint density at radius 2 is 2.08 bits per heavy atom. The van der Waals surface area contributed by atoms with Gasteiger partial charge in [0.25, 0.3) is 0 Å². The molecule has 0 spiro atoms. The summed E-state index contributed by atoms with van der Waals surface area (Å²) in [5.74, 6) is -1.08. The normalized spacial score (nSPS) is 16.1. The standard InChI is InChI=1S/C17H20F2N4O.ClH/c18-14-2-3-15(19)13(12-14)4-8-21-16(24)17(5-9-20-10-6-17)23-11-1-7-22-23;/h1-3,7,11-12,20H,4-6,8-10H2,(H,21,24);1H. The molecule has 1 aliphatic heterocycles. The molecule has 0 radical (unpaired) electrons. The molecular weight excluding hydrogens is 350 g/mol. The fourth-order valence-corrected chi connectivity index (χ4v) is 3.13. The Kier molecular flexibility index (Phi) is 6.50. The number of hydrogen-bond acceptors (Lipinski definition) is 3. The van der Waals surface area contributed by atoms with Gasteiger partial charge >= 0.3 is 0 Å². The van der Waals surface area contributed by atoms with E-state index in [1.807, 2.05) is 0 Å². The molecule has 8 heteroatoms. The van der Waals surface area contributed by atoms with Crippen LogP contribution in [0.25, 0.3) is 0 Å². The Bertz CT molecular complexity index is 703. The summed E-state index contributed by atoms with van der Waals surface area (Å²) in [6.07, 6.45) is 4.95. The summed E-state index contributed by atoms with van der Waals surface area (Å²) in [5, 5.41) is 10.3. The molecule has 5 nitrogen and oxygen atoms in total. The van der Waals surface area contributed by atoms with Crippen LogP contribution in [-0.2, 0) is 16.8 Å². The summed E-state index contributed by atoms with van der Waals surface area (Å²) in [6, 6.07) is 5.14. The van der Waals surface area contributed by atoms with Crippen molar-refractivity contribution in [2.45, 2.75) is 24.8 Å². The van der Waals surface area contributed by atoms with Crippen molar-refractivity contribution in [3.63, 3.8) is 0 Å². The number of nitrogens with zero attached hydrogens (tertiary/aromatic N) is 2. The molecule has 2 aromatic rings. The van der Waals surface area contributed by atoms with Gasteiger partial charge in [0.05, 0.1) is 0 Å². The van der Waals surface area contributed by atoms with Crippen molar-refractivity contribution >= 4 is 18.3 Å². The SMILES string of the molecule is Cl.O=C(NCCc1cc(F)ccc1F)C1(n2cccn2)CCNCC1. The molecule has 0 aliphatic carbocycles. The number of nitrogens with one attached hydrogen (secondary N) is 2. The highest BCUT2D eigenvalue weighted by molar-refractivity contribution is 5.85. The first-order chi connectivity index (χ1) is 11.6. The van der Waals surface area contributed by atoms with Gasteiger partial charge in [-0.25, -0.2) is 8.78 Å². The van der Waals surface area contributed by atoms with Crippen LogP contribution in [0.1, 0.15) is 18.4 Å². The topological polar surface area (TPSA) is 59.0 Å². The molecule has 1 aromatic heterocycles. The summed E-state index contributed by atoms with van der Waals surface area (Å²) >= 11 is 0. The summed E-state index contributed by atoms with van der Waals surface area (Å²) in [7, 11) is 0. The van der Waals surface area contributed by atoms with Crippen molar-refractivity contribution in [2.75, 3.05) is 19.6 Å².